The fraction of sp³-hybridized carbons (Fsp3) is 0.727. The van der Waals surface area contributed by atoms with Gasteiger partial charge in [0, 0.05) is 43.4 Å². The number of esters is 2. The van der Waals surface area contributed by atoms with E-state index in [1.165, 1.54) is 31.2 Å². The van der Waals surface area contributed by atoms with E-state index in [1.54, 1.807) is 19.1 Å². The van der Waals surface area contributed by atoms with Crippen LogP contribution in [-0.4, -0.2) is 95.8 Å². The second-order valence-electron chi connectivity index (χ2n) is 20.9. The van der Waals surface area contributed by atoms with Gasteiger partial charge < -0.3 is 37.0 Å². The summed E-state index contributed by atoms with van der Waals surface area (Å²) in [6.45, 7) is 33.4. The van der Waals surface area contributed by atoms with E-state index >= 15 is 0 Å². The summed E-state index contributed by atoms with van der Waals surface area (Å²) < 4.78 is 51.8. The second kappa shape index (κ2) is 28.4. The van der Waals surface area contributed by atoms with Crippen molar-refractivity contribution in [3.63, 3.8) is 0 Å². The van der Waals surface area contributed by atoms with Crippen LogP contribution < -0.4 is 4.74 Å². The fourth-order valence-electron chi connectivity index (χ4n) is 10.6. The highest BCUT2D eigenvalue weighted by molar-refractivity contribution is 6.74. The minimum atomic E-state index is -2.28. The molecule has 10 atom stereocenters. The Labute approximate surface area is 436 Å². The van der Waals surface area contributed by atoms with E-state index < -0.39 is 83.4 Å². The average molecular weight is 1060 g/mol. The van der Waals surface area contributed by atoms with Crippen LogP contribution in [0.4, 0.5) is 10.5 Å². The molecule has 0 saturated carbocycles. The van der Waals surface area contributed by atoms with Gasteiger partial charge in [0.05, 0.1) is 35.3 Å². The van der Waals surface area contributed by atoms with Gasteiger partial charge in [-0.3, -0.25) is 19.7 Å². The van der Waals surface area contributed by atoms with Crippen LogP contribution in [0.15, 0.2) is 60.2 Å². The lowest BCUT2D eigenvalue weighted by Crippen LogP contribution is -2.47. The molecule has 2 aliphatic rings. The first kappa shape index (κ1) is 62.8. The third-order valence-corrected chi connectivity index (χ3v) is 30.3. The summed E-state index contributed by atoms with van der Waals surface area (Å²) >= 11 is 0. The highest BCUT2D eigenvalue weighted by Crippen LogP contribution is 2.43. The smallest absolute Gasteiger partial charge is 0.457 e. The Balaban J connectivity index is 2.09. The third-order valence-electron chi connectivity index (χ3n) is 16.2. The molecule has 0 spiro atoms. The van der Waals surface area contributed by atoms with Crippen LogP contribution in [0.2, 0.25) is 54.4 Å². The van der Waals surface area contributed by atoms with Crippen molar-refractivity contribution in [3.05, 3.63) is 70.3 Å². The molecule has 0 aliphatic carbocycles. The first-order chi connectivity index (χ1) is 34.0. The summed E-state index contributed by atoms with van der Waals surface area (Å²) in [4.78, 5) is 51.3. The highest BCUT2D eigenvalue weighted by Gasteiger charge is 2.51. The number of nitro groups is 1. The molecule has 2 aliphatic heterocycles. The molecule has 408 valence electrons. The van der Waals surface area contributed by atoms with Crippen molar-refractivity contribution in [2.45, 2.75) is 245 Å². The number of carbonyl (C=O) groups is 3. The molecule has 14 nitrogen and oxygen atoms in total. The van der Waals surface area contributed by atoms with Gasteiger partial charge in [0.25, 0.3) is 5.69 Å². The molecule has 1 fully saturated rings. The first-order valence-electron chi connectivity index (χ1n) is 27.2. The summed E-state index contributed by atoms with van der Waals surface area (Å²) in [5, 5.41) is 11.3. The Hall–Kier alpha value is -3.46. The lowest BCUT2D eigenvalue weighted by Gasteiger charge is -2.39. The Morgan fingerprint density at radius 1 is 0.889 bits per heavy atom. The van der Waals surface area contributed by atoms with E-state index in [4.69, 9.17) is 37.0 Å². The van der Waals surface area contributed by atoms with Crippen LogP contribution in [0, 0.1) is 22.0 Å². The van der Waals surface area contributed by atoms with Gasteiger partial charge in [-0.1, -0.05) is 107 Å². The molecule has 0 bridgehead atoms. The molecular formula is C55H93NO13Si3. The Morgan fingerprint density at radius 2 is 1.46 bits per heavy atom. The minimum absolute atomic E-state index is 0.0253. The van der Waals surface area contributed by atoms with E-state index in [-0.39, 0.29) is 48.5 Å². The maximum Gasteiger partial charge on any atom is 0.514 e. The zero-order valence-corrected chi connectivity index (χ0v) is 50.0. The van der Waals surface area contributed by atoms with Crippen molar-refractivity contribution in [1.29, 1.82) is 0 Å². The summed E-state index contributed by atoms with van der Waals surface area (Å²) in [6, 6.07) is 13.9. The molecular weight excluding hydrogens is 967 g/mol. The molecule has 2 heterocycles. The van der Waals surface area contributed by atoms with E-state index in [1.807, 2.05) is 26.0 Å². The van der Waals surface area contributed by atoms with Gasteiger partial charge in [-0.25, -0.2) is 4.79 Å². The number of non-ortho nitro benzene ring substituents is 1. The van der Waals surface area contributed by atoms with Gasteiger partial charge in [0.15, 0.2) is 31.1 Å². The quantitative estimate of drug-likeness (QED) is 0.00939. The number of hydrogen-bond acceptors (Lipinski definition) is 13. The topological polar surface area (TPSA) is 171 Å². The van der Waals surface area contributed by atoms with Crippen molar-refractivity contribution >= 4 is 48.7 Å². The number of epoxide rings is 1. The maximum absolute atomic E-state index is 14.2. The van der Waals surface area contributed by atoms with Crippen molar-refractivity contribution in [1.82, 2.24) is 0 Å². The molecule has 0 amide bonds. The SMILES string of the molecule is CC[C@H](O[Si](CC)(CC)CC)[C@@H](C)[C@H]1O[C@@H]1C[C@](C)(/C=C/C=C(\C)[C@H]1OC(=O)C[C@H](O[Si](CC)(CC)CC)CC[C@@](C)(OC(C)=O)[C@@H](OC(=O)Oc2ccc([N+](=O)[O-])cc2)/C=C/[C@@H]1C)O[Si](CC)(CC)CC. The lowest BCUT2D eigenvalue weighted by molar-refractivity contribution is -0.384. The molecule has 3 rings (SSSR count). The summed E-state index contributed by atoms with van der Waals surface area (Å²) in [5.41, 5.74) is -1.44. The molecule has 72 heavy (non-hydrogen) atoms. The van der Waals surface area contributed by atoms with Crippen LogP contribution in [-0.2, 0) is 41.8 Å². The number of benzene rings is 1. The molecule has 1 aromatic rings. The van der Waals surface area contributed by atoms with Crippen molar-refractivity contribution < 1.29 is 56.3 Å². The predicted octanol–water partition coefficient (Wildman–Crippen LogP) is 14.4. The number of hydrogen-bond donors (Lipinski definition) is 0. The Morgan fingerprint density at radius 3 is 1.97 bits per heavy atom. The fourth-order valence-corrected chi connectivity index (χ4v) is 19.6. The molecule has 1 saturated heterocycles. The molecule has 0 aromatic heterocycles. The highest BCUT2D eigenvalue weighted by atomic mass is 28.4. The molecule has 0 N–H and O–H groups in total. The van der Waals surface area contributed by atoms with Gasteiger partial charge >= 0.3 is 18.1 Å². The molecule has 1 aromatic carbocycles. The minimum Gasteiger partial charge on any atom is -0.457 e. The second-order valence-corrected chi connectivity index (χ2v) is 35.0. The summed E-state index contributed by atoms with van der Waals surface area (Å²) in [5.74, 6) is -1.17. The van der Waals surface area contributed by atoms with Crippen LogP contribution in [0.25, 0.3) is 0 Å². The van der Waals surface area contributed by atoms with Crippen molar-refractivity contribution in [2.24, 2.45) is 11.8 Å². The van der Waals surface area contributed by atoms with E-state index in [0.717, 1.165) is 66.4 Å². The summed E-state index contributed by atoms with van der Waals surface area (Å²) in [6.07, 6.45) is 8.36. The van der Waals surface area contributed by atoms with Crippen LogP contribution in [0.3, 0.4) is 0 Å². The standard InChI is InChI=1S/C55H93NO13Si3/c1-17-47(68-71(21-5,22-6)23-7)42(13)52-48(63-52)39-54(15,69-72(24-8,25-9)26-10)36-27-28-40(11)51-41(12)29-34-49(64-53(59)62-45-32-30-44(31-33-45)56(60)61)55(16,66-43(14)57)37-35-46(38-50(58)65-51)67-70(18-2,19-3)20-4/h27-34,36,41-42,46-49,51-52H,17-26,35,37-39H2,1-16H3/b34-29+,36-27+,40-28+/t41-,42+,46+,47-,48+,49-,51+,52+,54-,55+/m0/s1. The van der Waals surface area contributed by atoms with Gasteiger partial charge in [-0.2, -0.15) is 0 Å². The monoisotopic (exact) mass is 1060 g/mol. The van der Waals surface area contributed by atoms with Gasteiger partial charge in [0.1, 0.15) is 17.5 Å². The molecule has 17 heteroatoms. The van der Waals surface area contributed by atoms with Gasteiger partial charge in [-0.05, 0) is 118 Å². The van der Waals surface area contributed by atoms with Crippen LogP contribution >= 0.6 is 0 Å². The Bertz CT molecular complexity index is 1960. The van der Waals surface area contributed by atoms with Crippen LogP contribution in [0.1, 0.15) is 143 Å². The van der Waals surface area contributed by atoms with E-state index in [0.29, 0.717) is 12.8 Å². The number of ether oxygens (including phenoxy) is 5. The number of allylic oxidation sites excluding steroid dienone is 2. The number of rotatable bonds is 27. The van der Waals surface area contributed by atoms with Crippen LogP contribution in [0.5, 0.6) is 5.75 Å². The zero-order valence-electron chi connectivity index (χ0n) is 47.0. The number of nitro benzene ring substituents is 1. The molecule has 0 unspecified atom stereocenters. The number of carbonyl (C=O) groups excluding carboxylic acids is 3. The van der Waals surface area contributed by atoms with Gasteiger partial charge in [0.2, 0.25) is 0 Å². The summed E-state index contributed by atoms with van der Waals surface area (Å²) in [7, 11) is -6.21. The third kappa shape index (κ3) is 17.6. The largest absolute Gasteiger partial charge is 0.514 e. The Kier molecular flexibility index (Phi) is 24.8. The van der Waals surface area contributed by atoms with Gasteiger partial charge in [-0.15, -0.1) is 0 Å². The predicted molar refractivity (Wildman–Crippen MR) is 293 cm³/mol. The van der Waals surface area contributed by atoms with E-state index in [2.05, 4.69) is 89.2 Å². The normalized spacial score (nSPS) is 25.8. The van der Waals surface area contributed by atoms with Crippen molar-refractivity contribution in [2.75, 3.05) is 0 Å². The lowest BCUT2D eigenvalue weighted by atomic mass is 9.88. The first-order valence-corrected chi connectivity index (χ1v) is 34.8. The average Bonchev–Trinajstić information content (AvgIpc) is 4.12. The maximum atomic E-state index is 14.2. The van der Waals surface area contributed by atoms with Crippen molar-refractivity contribution in [3.8, 4) is 5.75 Å². The number of cyclic esters (lactones) is 1. The molecule has 0 radical (unpaired) electrons. The number of nitrogens with zero attached hydrogens (tertiary/aromatic N) is 1. The van der Waals surface area contributed by atoms with E-state index in [9.17, 15) is 24.5 Å². The zero-order chi connectivity index (χ0) is 54.1.